The third kappa shape index (κ3) is 5.57. The second-order valence-corrected chi connectivity index (χ2v) is 8.70. The number of thioether (sulfide) groups is 1. The maximum absolute atomic E-state index is 13.4. The summed E-state index contributed by atoms with van der Waals surface area (Å²) in [6.45, 7) is 0. The molecule has 3 aromatic carbocycles. The highest BCUT2D eigenvalue weighted by Gasteiger charge is 2.16. The minimum atomic E-state index is -0.380. The molecule has 0 aliphatic carbocycles. The Morgan fingerprint density at radius 1 is 0.947 bits per heavy atom. The largest absolute Gasteiger partial charge is 0.497 e. The first kappa shape index (κ1) is 26.6. The van der Waals surface area contributed by atoms with Gasteiger partial charge in [0.15, 0.2) is 16.7 Å². The van der Waals surface area contributed by atoms with Crippen molar-refractivity contribution in [1.29, 1.82) is 0 Å². The molecule has 196 valence electrons. The Morgan fingerprint density at radius 3 is 2.37 bits per heavy atom. The summed E-state index contributed by atoms with van der Waals surface area (Å²) in [5.74, 6) is 1.60. The van der Waals surface area contributed by atoms with Crippen LogP contribution in [0, 0.1) is 0 Å². The van der Waals surface area contributed by atoms with Crippen LogP contribution in [0.3, 0.4) is 0 Å². The third-order valence-electron chi connectivity index (χ3n) is 5.54. The van der Waals surface area contributed by atoms with Gasteiger partial charge in [0.25, 0.3) is 11.5 Å². The van der Waals surface area contributed by atoms with Crippen LogP contribution in [0.25, 0.3) is 16.6 Å². The Kier molecular flexibility index (Phi) is 8.49. The van der Waals surface area contributed by atoms with Crippen LogP contribution < -0.4 is 29.9 Å². The number of carbonyl (C=O) groups excluding carboxylic acids is 1. The molecule has 38 heavy (non-hydrogen) atoms. The zero-order valence-electron chi connectivity index (χ0n) is 21.3. The van der Waals surface area contributed by atoms with E-state index in [-0.39, 0.29) is 17.2 Å². The van der Waals surface area contributed by atoms with Crippen LogP contribution in [0.1, 0.15) is 5.56 Å². The quantitative estimate of drug-likeness (QED) is 0.142. The zero-order valence-corrected chi connectivity index (χ0v) is 22.1. The van der Waals surface area contributed by atoms with Gasteiger partial charge < -0.3 is 18.9 Å². The van der Waals surface area contributed by atoms with E-state index < -0.39 is 0 Å². The van der Waals surface area contributed by atoms with Gasteiger partial charge in [-0.15, -0.1) is 0 Å². The van der Waals surface area contributed by atoms with E-state index in [1.165, 1.54) is 32.1 Å². The second-order valence-electron chi connectivity index (χ2n) is 7.76. The molecule has 1 N–H and O–H groups in total. The number of hydrazone groups is 1. The molecular weight excluding hydrogens is 508 g/mol. The van der Waals surface area contributed by atoms with Crippen molar-refractivity contribution in [2.24, 2.45) is 5.10 Å². The Bertz CT molecular complexity index is 1540. The molecule has 4 aromatic rings. The van der Waals surface area contributed by atoms with Gasteiger partial charge in [-0.2, -0.15) is 5.10 Å². The van der Waals surface area contributed by atoms with Crippen molar-refractivity contribution in [3.05, 3.63) is 76.6 Å². The molecule has 10 nitrogen and oxygen atoms in total. The van der Waals surface area contributed by atoms with E-state index >= 15 is 0 Å². The Labute approximate surface area is 223 Å². The Hall–Kier alpha value is -4.51. The third-order valence-corrected chi connectivity index (χ3v) is 6.47. The number of aromatic nitrogens is 2. The lowest BCUT2D eigenvalue weighted by molar-refractivity contribution is -0.118. The van der Waals surface area contributed by atoms with Crippen molar-refractivity contribution in [3.63, 3.8) is 0 Å². The highest BCUT2D eigenvalue weighted by Crippen LogP contribution is 2.39. The van der Waals surface area contributed by atoms with Gasteiger partial charge in [-0.1, -0.05) is 23.9 Å². The number of hydrogen-bond donors (Lipinski definition) is 1. The number of hydrogen-bond acceptors (Lipinski definition) is 9. The smallest absolute Gasteiger partial charge is 0.266 e. The fraction of sp³-hybridized carbons (Fsp3) is 0.185. The summed E-state index contributed by atoms with van der Waals surface area (Å²) in [6.07, 6.45) is 1.45. The van der Waals surface area contributed by atoms with Crippen molar-refractivity contribution in [2.45, 2.75) is 5.16 Å². The number of para-hydroxylation sites is 1. The summed E-state index contributed by atoms with van der Waals surface area (Å²) < 4.78 is 22.8. The van der Waals surface area contributed by atoms with Crippen LogP contribution in [0.4, 0.5) is 0 Å². The molecule has 0 atom stereocenters. The molecule has 1 amide bonds. The molecule has 0 aliphatic heterocycles. The summed E-state index contributed by atoms with van der Waals surface area (Å²) in [6, 6.07) is 17.6. The molecule has 0 spiro atoms. The topological polar surface area (TPSA) is 113 Å². The molecule has 11 heteroatoms. The summed E-state index contributed by atoms with van der Waals surface area (Å²) in [4.78, 5) is 30.6. The fourth-order valence-electron chi connectivity index (χ4n) is 3.73. The van der Waals surface area contributed by atoms with E-state index in [0.29, 0.717) is 50.3 Å². The molecule has 0 fully saturated rings. The van der Waals surface area contributed by atoms with Gasteiger partial charge in [0.2, 0.25) is 5.75 Å². The highest BCUT2D eigenvalue weighted by atomic mass is 32.2. The minimum absolute atomic E-state index is 0.0264. The molecule has 0 unspecified atom stereocenters. The summed E-state index contributed by atoms with van der Waals surface area (Å²) in [7, 11) is 6.11. The summed E-state index contributed by atoms with van der Waals surface area (Å²) in [5, 5.41) is 4.90. The molecule has 0 aliphatic rings. The number of carbonyl (C=O) groups is 1. The first-order chi connectivity index (χ1) is 18.5. The van der Waals surface area contributed by atoms with Crippen LogP contribution in [0.15, 0.2) is 75.7 Å². The van der Waals surface area contributed by atoms with Crippen LogP contribution in [0.5, 0.6) is 23.0 Å². The molecule has 1 heterocycles. The van der Waals surface area contributed by atoms with Crippen molar-refractivity contribution in [2.75, 3.05) is 34.2 Å². The lowest BCUT2D eigenvalue weighted by Crippen LogP contribution is -2.24. The Morgan fingerprint density at radius 2 is 1.68 bits per heavy atom. The summed E-state index contributed by atoms with van der Waals surface area (Å²) >= 11 is 1.13. The van der Waals surface area contributed by atoms with E-state index in [9.17, 15) is 9.59 Å². The van der Waals surface area contributed by atoms with E-state index in [0.717, 1.165) is 11.8 Å². The van der Waals surface area contributed by atoms with E-state index in [1.807, 2.05) is 6.07 Å². The van der Waals surface area contributed by atoms with Crippen molar-refractivity contribution < 1.29 is 23.7 Å². The first-order valence-electron chi connectivity index (χ1n) is 11.4. The number of amides is 1. The normalized spacial score (nSPS) is 10.9. The number of methoxy groups -OCH3 is 4. The molecule has 1 aromatic heterocycles. The predicted molar refractivity (Wildman–Crippen MR) is 146 cm³/mol. The first-order valence-corrected chi connectivity index (χ1v) is 12.4. The standard InChI is InChI=1S/C27H26N4O6S/c1-34-19-12-10-18(11-13-19)31-26(33)20-7-5-6-8-21(20)29-27(31)38-16-23(32)30-28-15-17-9-14-22(35-2)25(37-4)24(17)36-3/h5-15H,16H2,1-4H3,(H,30,32)/b28-15-. The van der Waals surface area contributed by atoms with Gasteiger partial charge in [0.1, 0.15) is 5.75 Å². The SMILES string of the molecule is COc1ccc(-n2c(SCC(=O)N/N=C\c3ccc(OC)c(OC)c3OC)nc3ccccc3c2=O)cc1. The maximum Gasteiger partial charge on any atom is 0.266 e. The monoisotopic (exact) mass is 534 g/mol. The summed E-state index contributed by atoms with van der Waals surface area (Å²) in [5.41, 5.74) is 4.00. The number of rotatable bonds is 10. The lowest BCUT2D eigenvalue weighted by atomic mass is 10.2. The zero-order chi connectivity index (χ0) is 27.1. The van der Waals surface area contributed by atoms with Crippen molar-refractivity contribution in [1.82, 2.24) is 15.0 Å². The van der Waals surface area contributed by atoms with Crippen LogP contribution in [-0.4, -0.2) is 55.9 Å². The van der Waals surface area contributed by atoms with Gasteiger partial charge in [-0.3, -0.25) is 14.2 Å². The maximum atomic E-state index is 13.4. The number of nitrogens with zero attached hydrogens (tertiary/aromatic N) is 3. The highest BCUT2D eigenvalue weighted by molar-refractivity contribution is 7.99. The minimum Gasteiger partial charge on any atom is -0.497 e. The number of ether oxygens (including phenoxy) is 4. The van der Waals surface area contributed by atoms with Gasteiger partial charge in [-0.25, -0.2) is 10.4 Å². The van der Waals surface area contributed by atoms with E-state index in [4.69, 9.17) is 18.9 Å². The van der Waals surface area contributed by atoms with Gasteiger partial charge in [-0.05, 0) is 48.5 Å². The fourth-order valence-corrected chi connectivity index (χ4v) is 4.54. The van der Waals surface area contributed by atoms with Crippen molar-refractivity contribution in [3.8, 4) is 28.7 Å². The predicted octanol–water partition coefficient (Wildman–Crippen LogP) is 3.66. The number of benzene rings is 3. The van der Waals surface area contributed by atoms with Crippen LogP contribution >= 0.6 is 11.8 Å². The Balaban J connectivity index is 1.55. The van der Waals surface area contributed by atoms with Gasteiger partial charge in [0, 0.05) is 5.56 Å². The van der Waals surface area contributed by atoms with Crippen LogP contribution in [0.2, 0.25) is 0 Å². The van der Waals surface area contributed by atoms with Gasteiger partial charge in [0.05, 0.1) is 57.0 Å². The van der Waals surface area contributed by atoms with Gasteiger partial charge >= 0.3 is 0 Å². The van der Waals surface area contributed by atoms with Crippen LogP contribution in [-0.2, 0) is 4.79 Å². The molecule has 0 saturated heterocycles. The average molecular weight is 535 g/mol. The average Bonchev–Trinajstić information content (AvgIpc) is 2.95. The molecule has 4 rings (SSSR count). The number of fused-ring (bicyclic) bond motifs is 1. The molecule has 0 saturated carbocycles. The molecule has 0 bridgehead atoms. The van der Waals surface area contributed by atoms with Crippen molar-refractivity contribution >= 4 is 34.8 Å². The second kappa shape index (κ2) is 12.2. The van der Waals surface area contributed by atoms with E-state index in [1.54, 1.807) is 61.7 Å². The van der Waals surface area contributed by atoms with E-state index in [2.05, 4.69) is 15.5 Å². The molecule has 0 radical (unpaired) electrons. The lowest BCUT2D eigenvalue weighted by Gasteiger charge is -2.14. The molecular formula is C27H26N4O6S. The number of nitrogens with one attached hydrogen (secondary N) is 1.